The number of imide groups is 2. The van der Waals surface area contributed by atoms with E-state index in [0.29, 0.717) is 0 Å². The van der Waals surface area contributed by atoms with Gasteiger partial charge in [-0.25, -0.2) is 4.79 Å². The number of carbonyl (C=O) groups excluding carboxylic acids is 3. The van der Waals surface area contributed by atoms with Crippen LogP contribution in [-0.4, -0.2) is 17.8 Å². The van der Waals surface area contributed by atoms with E-state index in [9.17, 15) is 14.4 Å². The van der Waals surface area contributed by atoms with Gasteiger partial charge in [0.05, 0.1) is 0 Å². The number of hydrogen-bond acceptors (Lipinski definition) is 3. The Labute approximate surface area is 101 Å². The van der Waals surface area contributed by atoms with Crippen LogP contribution in [0.15, 0.2) is 0 Å². The van der Waals surface area contributed by atoms with Crippen molar-refractivity contribution in [1.29, 1.82) is 0 Å². The summed E-state index contributed by atoms with van der Waals surface area (Å²) in [4.78, 5) is 30.8. The van der Waals surface area contributed by atoms with Crippen molar-refractivity contribution in [2.24, 2.45) is 0 Å². The number of nitrogens with one attached hydrogen (secondary N) is 2. The molecule has 0 atom stereocenters. The molecular formula is C4H5KN2O3. The second-order valence-corrected chi connectivity index (χ2v) is 1.60. The van der Waals surface area contributed by atoms with Gasteiger partial charge in [-0.15, -0.1) is 0 Å². The SMILES string of the molecule is O=C1CC(=O)NC(=O)N1.[H-].[K+]. The first-order valence-electron chi connectivity index (χ1n) is 2.32. The zero-order chi connectivity index (χ0) is 6.85. The van der Waals surface area contributed by atoms with Gasteiger partial charge in [-0.05, 0) is 0 Å². The maximum absolute atomic E-state index is 10.3. The smallest absolute Gasteiger partial charge is 1.00 e. The Morgan fingerprint density at radius 1 is 1.10 bits per heavy atom. The van der Waals surface area contributed by atoms with Gasteiger partial charge in [-0.3, -0.25) is 20.2 Å². The van der Waals surface area contributed by atoms with Gasteiger partial charge < -0.3 is 1.43 Å². The minimum absolute atomic E-state index is 0. The van der Waals surface area contributed by atoms with Gasteiger partial charge in [0.25, 0.3) is 0 Å². The molecule has 1 aliphatic rings. The molecule has 5 nitrogen and oxygen atoms in total. The molecular weight excluding hydrogens is 163 g/mol. The molecule has 0 aromatic heterocycles. The molecule has 4 amide bonds. The zero-order valence-corrected chi connectivity index (χ0v) is 8.55. The normalized spacial score (nSPS) is 17.0. The number of hydrogen-bond donors (Lipinski definition) is 2. The van der Waals surface area contributed by atoms with Crippen LogP contribution < -0.4 is 62.0 Å². The molecule has 0 aromatic rings. The van der Waals surface area contributed by atoms with Crippen LogP contribution in [0.5, 0.6) is 0 Å². The van der Waals surface area contributed by atoms with Gasteiger partial charge in [0.15, 0.2) is 0 Å². The van der Waals surface area contributed by atoms with Crippen LogP contribution in [0.3, 0.4) is 0 Å². The average molecular weight is 168 g/mol. The van der Waals surface area contributed by atoms with Crippen LogP contribution in [0.2, 0.25) is 0 Å². The van der Waals surface area contributed by atoms with E-state index in [1.54, 1.807) is 0 Å². The largest absolute Gasteiger partial charge is 1.00 e. The minimum atomic E-state index is -0.740. The van der Waals surface area contributed by atoms with Gasteiger partial charge in [-0.2, -0.15) is 0 Å². The van der Waals surface area contributed by atoms with Gasteiger partial charge in [0, 0.05) is 0 Å². The Hall–Kier alpha value is 0.246. The molecule has 1 fully saturated rings. The number of rotatable bonds is 0. The van der Waals surface area contributed by atoms with Crippen LogP contribution in [-0.2, 0) is 9.59 Å². The topological polar surface area (TPSA) is 75.3 Å². The third-order valence-corrected chi connectivity index (χ3v) is 0.827. The Bertz CT molecular complexity index is 150. The molecule has 1 aliphatic heterocycles. The van der Waals surface area contributed by atoms with E-state index < -0.39 is 17.8 Å². The molecule has 0 radical (unpaired) electrons. The van der Waals surface area contributed by atoms with Crippen molar-refractivity contribution in [3.63, 3.8) is 0 Å². The maximum Gasteiger partial charge on any atom is 1.00 e. The summed E-state index contributed by atoms with van der Waals surface area (Å²) in [5, 5.41) is 3.80. The third-order valence-electron chi connectivity index (χ3n) is 0.827. The Balaban J connectivity index is 0. The van der Waals surface area contributed by atoms with E-state index in [-0.39, 0.29) is 59.2 Å². The molecule has 2 N–H and O–H groups in total. The van der Waals surface area contributed by atoms with E-state index in [2.05, 4.69) is 0 Å². The predicted octanol–water partition coefficient (Wildman–Crippen LogP) is -4.14. The first kappa shape index (κ1) is 10.2. The Morgan fingerprint density at radius 2 is 1.50 bits per heavy atom. The predicted molar refractivity (Wildman–Crippen MR) is 27.4 cm³/mol. The molecule has 50 valence electrons. The summed E-state index contributed by atoms with van der Waals surface area (Å²) in [6, 6.07) is -0.740. The zero-order valence-electron chi connectivity index (χ0n) is 6.43. The van der Waals surface area contributed by atoms with E-state index in [1.807, 2.05) is 10.6 Å². The summed E-state index contributed by atoms with van der Waals surface area (Å²) >= 11 is 0. The molecule has 0 saturated carbocycles. The third kappa shape index (κ3) is 2.89. The summed E-state index contributed by atoms with van der Waals surface area (Å²) in [5.41, 5.74) is 0. The van der Waals surface area contributed by atoms with E-state index in [0.717, 1.165) is 0 Å². The first-order chi connectivity index (χ1) is 4.18. The standard InChI is InChI=1S/C4H4N2O3.K.H/c7-2-1-3(8)6-4(9)5-2;;/h1H2,(H2,5,6,7,8,9);;/q;+1;-1. The van der Waals surface area contributed by atoms with Crippen molar-refractivity contribution in [1.82, 2.24) is 10.6 Å². The van der Waals surface area contributed by atoms with Gasteiger partial charge in [-0.1, -0.05) is 0 Å². The summed E-state index contributed by atoms with van der Waals surface area (Å²) in [6.45, 7) is 0. The Morgan fingerprint density at radius 3 is 1.80 bits per heavy atom. The molecule has 0 aromatic carbocycles. The second kappa shape index (κ2) is 4.19. The Kier molecular flexibility index (Phi) is 4.30. The van der Waals surface area contributed by atoms with Crippen molar-refractivity contribution in [3.8, 4) is 0 Å². The van der Waals surface area contributed by atoms with Crippen molar-refractivity contribution in [2.45, 2.75) is 6.42 Å². The summed E-state index contributed by atoms with van der Waals surface area (Å²) in [5.74, 6) is -1.10. The quantitative estimate of drug-likeness (QED) is 0.285. The van der Waals surface area contributed by atoms with Crippen LogP contribution in [0.4, 0.5) is 4.79 Å². The van der Waals surface area contributed by atoms with Crippen LogP contribution in [0, 0.1) is 0 Å². The maximum atomic E-state index is 10.3. The van der Waals surface area contributed by atoms with Gasteiger partial charge in [0.1, 0.15) is 6.42 Å². The molecule has 1 rings (SSSR count). The fourth-order valence-electron chi connectivity index (χ4n) is 0.519. The van der Waals surface area contributed by atoms with Crippen LogP contribution in [0.25, 0.3) is 0 Å². The fourth-order valence-corrected chi connectivity index (χ4v) is 0.519. The molecule has 0 aliphatic carbocycles. The van der Waals surface area contributed by atoms with E-state index in [4.69, 9.17) is 0 Å². The summed E-state index contributed by atoms with van der Waals surface area (Å²) < 4.78 is 0. The van der Waals surface area contributed by atoms with Crippen LogP contribution in [0.1, 0.15) is 7.85 Å². The second-order valence-electron chi connectivity index (χ2n) is 1.60. The van der Waals surface area contributed by atoms with E-state index >= 15 is 0 Å². The molecule has 0 unspecified atom stereocenters. The van der Waals surface area contributed by atoms with Gasteiger partial charge in [0.2, 0.25) is 11.8 Å². The molecule has 6 heteroatoms. The monoisotopic (exact) mass is 168 g/mol. The first-order valence-corrected chi connectivity index (χ1v) is 2.32. The van der Waals surface area contributed by atoms with E-state index in [1.165, 1.54) is 0 Å². The average Bonchev–Trinajstić information content (AvgIpc) is 1.59. The molecule has 0 spiro atoms. The number of amides is 4. The van der Waals surface area contributed by atoms with Crippen molar-refractivity contribution in [2.75, 3.05) is 0 Å². The fraction of sp³-hybridized carbons (Fsp3) is 0.250. The number of carbonyl (C=O) groups is 3. The molecule has 0 bridgehead atoms. The van der Waals surface area contributed by atoms with Crippen molar-refractivity contribution >= 4 is 17.8 Å². The number of barbiturate groups is 1. The molecule has 10 heavy (non-hydrogen) atoms. The molecule has 1 heterocycles. The number of urea groups is 1. The minimum Gasteiger partial charge on any atom is -1.00 e. The van der Waals surface area contributed by atoms with Crippen molar-refractivity contribution < 1.29 is 67.2 Å². The molecule has 1 saturated heterocycles. The van der Waals surface area contributed by atoms with Gasteiger partial charge >= 0.3 is 57.4 Å². The summed E-state index contributed by atoms with van der Waals surface area (Å²) in [6.07, 6.45) is -0.258. The summed E-state index contributed by atoms with van der Waals surface area (Å²) in [7, 11) is 0. The van der Waals surface area contributed by atoms with Crippen LogP contribution >= 0.6 is 0 Å². The van der Waals surface area contributed by atoms with Crippen molar-refractivity contribution in [3.05, 3.63) is 0 Å².